The fourth-order valence-electron chi connectivity index (χ4n) is 1.33. The monoisotopic (exact) mass is 220 g/mol. The van der Waals surface area contributed by atoms with Crippen LogP contribution in [0.2, 0.25) is 0 Å². The first kappa shape index (κ1) is 10.5. The average molecular weight is 220 g/mol. The van der Waals surface area contributed by atoms with Crippen LogP contribution < -0.4 is 5.32 Å². The molecule has 0 aliphatic carbocycles. The lowest BCUT2D eigenvalue weighted by Gasteiger charge is -2.06. The minimum absolute atomic E-state index is 0.316. The molecule has 16 heavy (non-hydrogen) atoms. The topological polar surface area (TPSA) is 24.9 Å². The van der Waals surface area contributed by atoms with Gasteiger partial charge >= 0.3 is 0 Å². The lowest BCUT2D eigenvalue weighted by Crippen LogP contribution is -2.02. The van der Waals surface area contributed by atoms with Gasteiger partial charge in [0.2, 0.25) is 0 Å². The number of hydrogen-bond acceptors (Lipinski definition) is 2. The quantitative estimate of drug-likeness (QED) is 0.860. The van der Waals surface area contributed by atoms with Gasteiger partial charge in [-0.3, -0.25) is 4.98 Å². The van der Waals surface area contributed by atoms with Gasteiger partial charge < -0.3 is 5.32 Å². The van der Waals surface area contributed by atoms with Gasteiger partial charge in [0.25, 0.3) is 0 Å². The van der Waals surface area contributed by atoms with Gasteiger partial charge in [0.1, 0.15) is 11.6 Å². The minimum atomic E-state index is -0.565. The van der Waals surface area contributed by atoms with Gasteiger partial charge in [0, 0.05) is 36.3 Å². The Labute approximate surface area is 92.0 Å². The van der Waals surface area contributed by atoms with Crippen LogP contribution in [0.25, 0.3) is 0 Å². The Hall–Kier alpha value is -1.97. The van der Waals surface area contributed by atoms with Crippen molar-refractivity contribution < 1.29 is 8.78 Å². The van der Waals surface area contributed by atoms with Crippen LogP contribution in [-0.4, -0.2) is 4.98 Å². The highest BCUT2D eigenvalue weighted by atomic mass is 19.1. The summed E-state index contributed by atoms with van der Waals surface area (Å²) >= 11 is 0. The molecular weight excluding hydrogens is 210 g/mol. The predicted molar refractivity (Wildman–Crippen MR) is 57.9 cm³/mol. The maximum atomic E-state index is 13.3. The molecule has 1 N–H and O–H groups in total. The summed E-state index contributed by atoms with van der Waals surface area (Å²) < 4.78 is 25.9. The second kappa shape index (κ2) is 4.70. The first-order valence-electron chi connectivity index (χ1n) is 4.83. The summed E-state index contributed by atoms with van der Waals surface area (Å²) in [5.74, 6) is -1.10. The Morgan fingerprint density at radius 1 is 1.06 bits per heavy atom. The smallest absolute Gasteiger partial charge is 0.131 e. The van der Waals surface area contributed by atoms with Crippen LogP contribution in [0.1, 0.15) is 5.56 Å². The van der Waals surface area contributed by atoms with E-state index in [1.54, 1.807) is 24.5 Å². The fourth-order valence-corrected chi connectivity index (χ4v) is 1.33. The van der Waals surface area contributed by atoms with Crippen LogP contribution in [0, 0.1) is 11.6 Å². The molecule has 1 heterocycles. The summed E-state index contributed by atoms with van der Waals surface area (Å²) in [5.41, 5.74) is 1.27. The Bertz CT molecular complexity index is 472. The zero-order chi connectivity index (χ0) is 11.4. The molecule has 0 saturated heterocycles. The van der Waals surface area contributed by atoms with Crippen LogP contribution in [0.15, 0.2) is 42.7 Å². The third-order valence-electron chi connectivity index (χ3n) is 2.18. The second-order valence-electron chi connectivity index (χ2n) is 3.33. The predicted octanol–water partition coefficient (Wildman–Crippen LogP) is 2.97. The number of aromatic nitrogens is 1. The summed E-state index contributed by atoms with van der Waals surface area (Å²) in [7, 11) is 0. The molecule has 0 atom stereocenters. The molecular formula is C12H10F2N2. The average Bonchev–Trinajstić information content (AvgIpc) is 2.29. The lowest BCUT2D eigenvalue weighted by atomic mass is 10.2. The summed E-state index contributed by atoms with van der Waals surface area (Å²) in [6.45, 7) is 0.316. The molecule has 0 spiro atoms. The van der Waals surface area contributed by atoms with Gasteiger partial charge in [-0.05, 0) is 18.2 Å². The van der Waals surface area contributed by atoms with Crippen molar-refractivity contribution in [3.05, 3.63) is 59.9 Å². The molecule has 0 unspecified atom stereocenters. The van der Waals surface area contributed by atoms with E-state index >= 15 is 0 Å². The van der Waals surface area contributed by atoms with Gasteiger partial charge in [-0.15, -0.1) is 0 Å². The summed E-state index contributed by atoms with van der Waals surface area (Å²) in [5, 5.41) is 3.02. The van der Waals surface area contributed by atoms with Crippen molar-refractivity contribution in [2.75, 3.05) is 5.32 Å². The van der Waals surface area contributed by atoms with Crippen molar-refractivity contribution in [3.8, 4) is 0 Å². The zero-order valence-corrected chi connectivity index (χ0v) is 8.45. The Morgan fingerprint density at radius 3 is 2.50 bits per heavy atom. The van der Waals surface area contributed by atoms with E-state index in [9.17, 15) is 8.78 Å². The van der Waals surface area contributed by atoms with Crippen LogP contribution in [-0.2, 0) is 6.54 Å². The van der Waals surface area contributed by atoms with E-state index in [0.717, 1.165) is 11.8 Å². The zero-order valence-electron chi connectivity index (χ0n) is 8.45. The van der Waals surface area contributed by atoms with Crippen molar-refractivity contribution in [3.63, 3.8) is 0 Å². The Kier molecular flexibility index (Phi) is 3.10. The lowest BCUT2D eigenvalue weighted by molar-refractivity contribution is 0.574. The molecule has 4 heteroatoms. The number of halogens is 2. The van der Waals surface area contributed by atoms with Gasteiger partial charge in [0.05, 0.1) is 0 Å². The summed E-state index contributed by atoms with van der Waals surface area (Å²) in [4.78, 5) is 3.87. The minimum Gasteiger partial charge on any atom is -0.381 e. The first-order valence-corrected chi connectivity index (χ1v) is 4.83. The molecule has 2 aromatic rings. The van der Waals surface area contributed by atoms with Gasteiger partial charge in [-0.1, -0.05) is 6.07 Å². The molecule has 0 saturated carbocycles. The molecule has 0 radical (unpaired) electrons. The van der Waals surface area contributed by atoms with Crippen LogP contribution in [0.5, 0.6) is 0 Å². The molecule has 0 amide bonds. The molecule has 0 bridgehead atoms. The highest BCUT2D eigenvalue weighted by Gasteiger charge is 2.02. The first-order chi connectivity index (χ1) is 7.75. The van der Waals surface area contributed by atoms with Crippen molar-refractivity contribution >= 4 is 5.69 Å². The number of rotatable bonds is 3. The standard InChI is InChI=1S/C12H10F2N2/c13-10-2-1-9(12(14)7-10)8-16-11-3-5-15-6-4-11/h1-7H,8H2,(H,15,16). The van der Waals surface area contributed by atoms with Crippen molar-refractivity contribution in [2.24, 2.45) is 0 Å². The molecule has 2 rings (SSSR count). The van der Waals surface area contributed by atoms with Crippen LogP contribution in [0.4, 0.5) is 14.5 Å². The number of benzene rings is 1. The normalized spacial score (nSPS) is 10.1. The van der Waals surface area contributed by atoms with E-state index in [0.29, 0.717) is 12.1 Å². The SMILES string of the molecule is Fc1ccc(CNc2ccncc2)c(F)c1. The van der Waals surface area contributed by atoms with E-state index in [4.69, 9.17) is 0 Å². The van der Waals surface area contributed by atoms with Crippen molar-refractivity contribution in [2.45, 2.75) is 6.54 Å². The highest BCUT2D eigenvalue weighted by Crippen LogP contribution is 2.12. The summed E-state index contributed by atoms with van der Waals surface area (Å²) in [6.07, 6.45) is 3.28. The van der Waals surface area contributed by atoms with Gasteiger partial charge in [0.15, 0.2) is 0 Å². The molecule has 0 aliphatic heterocycles. The fraction of sp³-hybridized carbons (Fsp3) is 0.0833. The number of anilines is 1. The van der Waals surface area contributed by atoms with Crippen molar-refractivity contribution in [1.82, 2.24) is 4.98 Å². The Balaban J connectivity index is 2.05. The third kappa shape index (κ3) is 2.53. The van der Waals surface area contributed by atoms with E-state index in [2.05, 4.69) is 10.3 Å². The molecule has 82 valence electrons. The Morgan fingerprint density at radius 2 is 1.81 bits per heavy atom. The molecule has 1 aromatic carbocycles. The maximum absolute atomic E-state index is 13.3. The number of nitrogens with one attached hydrogen (secondary N) is 1. The molecule has 1 aromatic heterocycles. The van der Waals surface area contributed by atoms with Crippen LogP contribution >= 0.6 is 0 Å². The van der Waals surface area contributed by atoms with E-state index in [1.807, 2.05) is 0 Å². The highest BCUT2D eigenvalue weighted by molar-refractivity contribution is 5.41. The van der Waals surface area contributed by atoms with Crippen LogP contribution in [0.3, 0.4) is 0 Å². The molecule has 0 fully saturated rings. The van der Waals surface area contributed by atoms with Gasteiger partial charge in [-0.25, -0.2) is 8.78 Å². The van der Waals surface area contributed by atoms with Crippen molar-refractivity contribution in [1.29, 1.82) is 0 Å². The summed E-state index contributed by atoms with van der Waals surface area (Å²) in [6, 6.07) is 7.11. The maximum Gasteiger partial charge on any atom is 0.131 e. The van der Waals surface area contributed by atoms with E-state index in [1.165, 1.54) is 12.1 Å². The number of hydrogen-bond donors (Lipinski definition) is 1. The largest absolute Gasteiger partial charge is 0.381 e. The molecule has 2 nitrogen and oxygen atoms in total. The van der Waals surface area contributed by atoms with Gasteiger partial charge in [-0.2, -0.15) is 0 Å². The van der Waals surface area contributed by atoms with E-state index in [-0.39, 0.29) is 0 Å². The number of pyridine rings is 1. The number of nitrogens with zero attached hydrogens (tertiary/aromatic N) is 1. The third-order valence-corrected chi connectivity index (χ3v) is 2.18. The van der Waals surface area contributed by atoms with E-state index < -0.39 is 11.6 Å². The second-order valence-corrected chi connectivity index (χ2v) is 3.33. The molecule has 0 aliphatic rings.